The zero-order valence-corrected chi connectivity index (χ0v) is 19.8. The molecular weight excluding hydrogens is 506 g/mol. The Hall–Kier alpha value is -2.53. The van der Waals surface area contributed by atoms with Gasteiger partial charge in [-0.05, 0) is 30.5 Å². The number of nitriles is 1. The molecule has 0 aromatic carbocycles. The first-order valence-electron chi connectivity index (χ1n) is 11.0. The predicted octanol–water partition coefficient (Wildman–Crippen LogP) is 6.74. The smallest absolute Gasteiger partial charge is 0.260 e. The molecule has 2 aliphatic heterocycles. The van der Waals surface area contributed by atoms with E-state index in [1.54, 1.807) is 6.07 Å². The average Bonchev–Trinajstić information content (AvgIpc) is 3.36. The summed E-state index contributed by atoms with van der Waals surface area (Å²) in [6.07, 6.45) is 0.751. The van der Waals surface area contributed by atoms with Crippen molar-refractivity contribution in [2.75, 3.05) is 3.71 Å². The average molecular weight is 524 g/mol. The van der Waals surface area contributed by atoms with Gasteiger partial charge in [0, 0.05) is 46.7 Å². The van der Waals surface area contributed by atoms with E-state index in [1.165, 1.54) is 29.0 Å². The van der Waals surface area contributed by atoms with Crippen LogP contribution in [0, 0.1) is 11.2 Å². The Bertz CT molecular complexity index is 1250. The van der Waals surface area contributed by atoms with E-state index >= 15 is 0 Å². The van der Waals surface area contributed by atoms with Crippen molar-refractivity contribution >= 4 is 42.8 Å². The van der Waals surface area contributed by atoms with Crippen molar-refractivity contribution in [3.63, 3.8) is 0 Å². The van der Waals surface area contributed by atoms with Crippen LogP contribution in [-0.2, 0) is 6.42 Å². The van der Waals surface area contributed by atoms with E-state index in [4.69, 9.17) is 4.98 Å². The third-order valence-corrected chi connectivity index (χ3v) is 7.93. The van der Waals surface area contributed by atoms with Crippen LogP contribution in [0.15, 0.2) is 30.6 Å². The molecule has 2 saturated heterocycles. The molecule has 2 aliphatic rings. The molecule has 2 bridgehead atoms. The second kappa shape index (κ2) is 9.50. The molecule has 2 atom stereocenters. The van der Waals surface area contributed by atoms with Crippen LogP contribution in [0.2, 0.25) is 11.6 Å². The van der Waals surface area contributed by atoms with Gasteiger partial charge in [-0.25, -0.2) is 10.2 Å². The van der Waals surface area contributed by atoms with E-state index in [9.17, 15) is 26.2 Å². The van der Waals surface area contributed by atoms with Crippen LogP contribution < -0.4 is 3.71 Å². The molecule has 3 aromatic heterocycles. The van der Waals surface area contributed by atoms with Gasteiger partial charge in [-0.15, -0.1) is 7.77 Å². The molecule has 5 rings (SSSR count). The molecule has 2 unspecified atom stereocenters. The van der Waals surface area contributed by atoms with Crippen molar-refractivity contribution in [2.45, 2.75) is 55.8 Å². The molecule has 6 nitrogen and oxygen atoms in total. The normalized spacial score (nSPS) is 21.9. The van der Waals surface area contributed by atoms with Gasteiger partial charge in [-0.3, -0.25) is 4.98 Å². The van der Waals surface area contributed by atoms with Gasteiger partial charge >= 0.3 is 6.18 Å². The lowest BCUT2D eigenvalue weighted by Crippen LogP contribution is -2.27. The van der Waals surface area contributed by atoms with Gasteiger partial charge in [0.25, 0.3) is 6.71 Å². The monoisotopic (exact) mass is 524 g/mol. The maximum atomic E-state index is 13.6. The standard InChI is InChI=1S/C21H18BF5N6S2/c23-21(24,25)8-16-4-1-12(9-29-16)17-10-30-32-19(33(34-26)35-27)7-18(31-20(17)32)13-5-14-2-3-15(6-13)22(14)11-28/h1,4,7,9-10,13-15H,2-3,5-6,8H2. The summed E-state index contributed by atoms with van der Waals surface area (Å²) in [6, 6.07) is 4.41. The van der Waals surface area contributed by atoms with Crippen LogP contribution in [0.4, 0.5) is 26.8 Å². The fourth-order valence-electron chi connectivity index (χ4n) is 5.46. The van der Waals surface area contributed by atoms with E-state index in [-0.39, 0.29) is 60.4 Å². The highest BCUT2D eigenvalue weighted by atomic mass is 32.3. The largest absolute Gasteiger partial charge is 0.394 e. The number of anilines is 1. The van der Waals surface area contributed by atoms with Gasteiger partial charge in [-0.1, -0.05) is 18.9 Å². The number of hydrogen-bond donors (Lipinski definition) is 0. The maximum Gasteiger partial charge on any atom is 0.394 e. The molecule has 182 valence electrons. The fraction of sp³-hybridized carbons (Fsp3) is 0.429. The SMILES string of the molecule is N#CB1C2CCC1CC(c1cc(N(SF)SF)n3ncc(-c4ccc(CC(F)(F)F)nc4)c3n1)C2. The third-order valence-electron chi connectivity index (χ3n) is 6.97. The summed E-state index contributed by atoms with van der Waals surface area (Å²) in [5.41, 5.74) is 1.83. The molecule has 3 aromatic rings. The fourth-order valence-corrected chi connectivity index (χ4v) is 5.95. The molecule has 0 N–H and O–H groups in total. The summed E-state index contributed by atoms with van der Waals surface area (Å²) in [7, 11) is 0. The quantitative estimate of drug-likeness (QED) is 0.201. The second-order valence-electron chi connectivity index (χ2n) is 8.98. The maximum absolute atomic E-state index is 13.6. The molecule has 5 heterocycles. The van der Waals surface area contributed by atoms with Crippen molar-refractivity contribution < 1.29 is 20.9 Å². The predicted molar refractivity (Wildman–Crippen MR) is 126 cm³/mol. The molecule has 0 spiro atoms. The van der Waals surface area contributed by atoms with Crippen LogP contribution in [-0.4, -0.2) is 32.5 Å². The molecule has 0 saturated carbocycles. The topological polar surface area (TPSA) is 70.1 Å². The first-order valence-corrected chi connectivity index (χ1v) is 12.3. The number of pyridine rings is 1. The third kappa shape index (κ3) is 4.68. The van der Waals surface area contributed by atoms with Crippen LogP contribution in [0.3, 0.4) is 0 Å². The first-order chi connectivity index (χ1) is 16.8. The molecular formula is C21H18BF5N6S2. The highest BCUT2D eigenvalue weighted by molar-refractivity contribution is 8.13. The summed E-state index contributed by atoms with van der Waals surface area (Å²) >= 11 is -0.613. The molecule has 35 heavy (non-hydrogen) atoms. The van der Waals surface area contributed by atoms with Crippen LogP contribution in [0.5, 0.6) is 0 Å². The second-order valence-corrected chi connectivity index (χ2v) is 10.2. The number of aromatic nitrogens is 4. The van der Waals surface area contributed by atoms with Crippen LogP contribution in [0.1, 0.15) is 43.0 Å². The minimum Gasteiger partial charge on any atom is -0.260 e. The lowest BCUT2D eigenvalue weighted by molar-refractivity contribution is -0.127. The zero-order valence-electron chi connectivity index (χ0n) is 18.1. The van der Waals surface area contributed by atoms with E-state index < -0.39 is 12.6 Å². The summed E-state index contributed by atoms with van der Waals surface area (Å²) in [6.45, 7) is 0.0283. The summed E-state index contributed by atoms with van der Waals surface area (Å²) in [5.74, 6) is 3.12. The highest BCUT2D eigenvalue weighted by Gasteiger charge is 2.46. The number of alkyl halides is 3. The summed E-state index contributed by atoms with van der Waals surface area (Å²) < 4.78 is 67.2. The van der Waals surface area contributed by atoms with Crippen molar-refractivity contribution in [3.8, 4) is 17.1 Å². The molecule has 2 fully saturated rings. The number of fused-ring (bicyclic) bond motifs is 3. The van der Waals surface area contributed by atoms with Crippen molar-refractivity contribution in [1.29, 1.82) is 5.26 Å². The van der Waals surface area contributed by atoms with E-state index in [0.29, 0.717) is 22.5 Å². The van der Waals surface area contributed by atoms with Crippen LogP contribution >= 0.6 is 24.7 Å². The highest BCUT2D eigenvalue weighted by Crippen LogP contribution is 2.54. The Morgan fingerprint density at radius 1 is 1.14 bits per heavy atom. The van der Waals surface area contributed by atoms with Crippen LogP contribution in [0.25, 0.3) is 16.8 Å². The molecule has 0 radical (unpaired) electrons. The van der Waals surface area contributed by atoms with Crippen molar-refractivity contribution in [2.24, 2.45) is 0 Å². The van der Waals surface area contributed by atoms with Gasteiger partial charge in [0.2, 0.25) is 0 Å². The number of halogens is 5. The Kier molecular flexibility index (Phi) is 6.56. The van der Waals surface area contributed by atoms with Gasteiger partial charge in [0.05, 0.1) is 12.6 Å². The summed E-state index contributed by atoms with van der Waals surface area (Å²) in [4.78, 5) is 8.72. The molecule has 14 heteroatoms. The number of rotatable bonds is 6. The van der Waals surface area contributed by atoms with E-state index in [2.05, 4.69) is 16.1 Å². The zero-order chi connectivity index (χ0) is 24.7. The minimum atomic E-state index is -4.37. The van der Waals surface area contributed by atoms with E-state index in [1.807, 2.05) is 0 Å². The van der Waals surface area contributed by atoms with E-state index in [0.717, 1.165) is 29.4 Å². The molecule has 0 aliphatic carbocycles. The van der Waals surface area contributed by atoms with Gasteiger partial charge < -0.3 is 0 Å². The minimum absolute atomic E-state index is 0.0203. The number of nitrogens with zero attached hydrogens (tertiary/aromatic N) is 6. The summed E-state index contributed by atoms with van der Waals surface area (Å²) in [5, 5.41) is 13.8. The lowest BCUT2D eigenvalue weighted by Gasteiger charge is -2.29. The first kappa shape index (κ1) is 24.2. The number of hydrogen-bond acceptors (Lipinski definition) is 7. The van der Waals surface area contributed by atoms with Crippen molar-refractivity contribution in [3.05, 3.63) is 42.0 Å². The van der Waals surface area contributed by atoms with Crippen molar-refractivity contribution in [1.82, 2.24) is 19.6 Å². The Labute approximate surface area is 207 Å². The van der Waals surface area contributed by atoms with Gasteiger partial charge in [0.1, 0.15) is 0 Å². The molecule has 0 amide bonds. The van der Waals surface area contributed by atoms with Gasteiger partial charge in [-0.2, -0.15) is 26.5 Å². The Morgan fingerprint density at radius 2 is 1.86 bits per heavy atom. The van der Waals surface area contributed by atoms with Gasteiger partial charge in [0.15, 0.2) is 36.1 Å². The lowest BCUT2D eigenvalue weighted by atomic mass is 9.34. The Morgan fingerprint density at radius 3 is 2.43 bits per heavy atom. The Balaban J connectivity index is 1.56.